The van der Waals surface area contributed by atoms with Crippen molar-refractivity contribution in [2.45, 2.75) is 6.04 Å². The third-order valence-corrected chi connectivity index (χ3v) is 5.70. The first-order valence-corrected chi connectivity index (χ1v) is 9.76. The van der Waals surface area contributed by atoms with Crippen LogP contribution in [0.3, 0.4) is 0 Å². The molecule has 1 fully saturated rings. The summed E-state index contributed by atoms with van der Waals surface area (Å²) in [6.07, 6.45) is 1.81. The molecule has 3 nitrogen and oxygen atoms in total. The van der Waals surface area contributed by atoms with E-state index in [9.17, 15) is 4.39 Å². The van der Waals surface area contributed by atoms with E-state index in [1.807, 2.05) is 6.21 Å². The van der Waals surface area contributed by atoms with Gasteiger partial charge in [0, 0.05) is 26.2 Å². The fourth-order valence-electron chi connectivity index (χ4n) is 4.30. The van der Waals surface area contributed by atoms with Crippen LogP contribution in [-0.2, 0) is 0 Å². The Balaban J connectivity index is 1.31. The van der Waals surface area contributed by atoms with Crippen LogP contribution in [0.25, 0.3) is 11.1 Å². The fourth-order valence-corrected chi connectivity index (χ4v) is 4.30. The van der Waals surface area contributed by atoms with Gasteiger partial charge in [0.2, 0.25) is 0 Å². The van der Waals surface area contributed by atoms with E-state index in [-0.39, 0.29) is 5.82 Å². The molecule has 3 aromatic carbocycles. The van der Waals surface area contributed by atoms with Gasteiger partial charge in [-0.15, -0.1) is 0 Å². The summed E-state index contributed by atoms with van der Waals surface area (Å²) in [5, 5.41) is 6.70. The summed E-state index contributed by atoms with van der Waals surface area (Å²) >= 11 is 0. The van der Waals surface area contributed by atoms with Crippen LogP contribution in [-0.4, -0.2) is 42.3 Å². The van der Waals surface area contributed by atoms with E-state index in [0.29, 0.717) is 6.04 Å². The largest absolute Gasteiger partial charge is 0.294 e. The molecular formula is C24H22FN3. The van der Waals surface area contributed by atoms with E-state index in [1.54, 1.807) is 12.1 Å². The number of rotatable bonds is 3. The van der Waals surface area contributed by atoms with E-state index < -0.39 is 0 Å². The van der Waals surface area contributed by atoms with Crippen LogP contribution in [0.1, 0.15) is 22.7 Å². The minimum Gasteiger partial charge on any atom is -0.294 e. The molecule has 0 saturated carbocycles. The van der Waals surface area contributed by atoms with Crippen LogP contribution in [0.5, 0.6) is 0 Å². The van der Waals surface area contributed by atoms with Gasteiger partial charge in [-0.05, 0) is 39.9 Å². The van der Waals surface area contributed by atoms with Gasteiger partial charge in [0.15, 0.2) is 0 Å². The van der Waals surface area contributed by atoms with Crippen molar-refractivity contribution >= 4 is 6.21 Å². The van der Waals surface area contributed by atoms with Gasteiger partial charge in [-0.3, -0.25) is 9.91 Å². The SMILES string of the molecule is Fc1ccc(/C=N\N2CCN(C3c4ccccc4-c4ccccc43)CC2)cc1. The van der Waals surface area contributed by atoms with E-state index in [0.717, 1.165) is 31.7 Å². The van der Waals surface area contributed by atoms with Gasteiger partial charge in [0.25, 0.3) is 0 Å². The average molecular weight is 371 g/mol. The smallest absolute Gasteiger partial charge is 0.123 e. The van der Waals surface area contributed by atoms with E-state index >= 15 is 0 Å². The quantitative estimate of drug-likeness (QED) is 0.629. The van der Waals surface area contributed by atoms with Crippen LogP contribution < -0.4 is 0 Å². The van der Waals surface area contributed by atoms with Gasteiger partial charge >= 0.3 is 0 Å². The minimum absolute atomic E-state index is 0.220. The molecule has 1 aliphatic heterocycles. The molecule has 5 rings (SSSR count). The lowest BCUT2D eigenvalue weighted by molar-refractivity contribution is 0.114. The Morgan fingerprint density at radius 1 is 0.750 bits per heavy atom. The summed E-state index contributed by atoms with van der Waals surface area (Å²) in [4.78, 5) is 2.56. The highest BCUT2D eigenvalue weighted by molar-refractivity contribution is 5.79. The molecule has 2 aliphatic rings. The Kier molecular flexibility index (Phi) is 4.41. The van der Waals surface area contributed by atoms with E-state index in [2.05, 4.69) is 63.5 Å². The molecule has 0 unspecified atom stereocenters. The number of hydrogen-bond donors (Lipinski definition) is 0. The monoisotopic (exact) mass is 371 g/mol. The third-order valence-electron chi connectivity index (χ3n) is 5.70. The molecule has 140 valence electrons. The predicted molar refractivity (Wildman–Crippen MR) is 111 cm³/mol. The predicted octanol–water partition coefficient (Wildman–Crippen LogP) is 4.55. The Labute approximate surface area is 164 Å². The summed E-state index contributed by atoms with van der Waals surface area (Å²) in [5.74, 6) is -0.220. The highest BCUT2D eigenvalue weighted by Gasteiger charge is 2.33. The second kappa shape index (κ2) is 7.21. The summed E-state index contributed by atoms with van der Waals surface area (Å²) in [6, 6.07) is 24.3. The molecule has 4 heteroatoms. The molecule has 1 saturated heterocycles. The van der Waals surface area contributed by atoms with Crippen molar-refractivity contribution < 1.29 is 4.39 Å². The topological polar surface area (TPSA) is 18.8 Å². The van der Waals surface area contributed by atoms with Crippen LogP contribution >= 0.6 is 0 Å². The van der Waals surface area contributed by atoms with Crippen LogP contribution in [0, 0.1) is 5.82 Å². The van der Waals surface area contributed by atoms with Crippen LogP contribution in [0.2, 0.25) is 0 Å². The number of fused-ring (bicyclic) bond motifs is 3. The zero-order valence-electron chi connectivity index (χ0n) is 15.6. The molecule has 0 amide bonds. The van der Waals surface area contributed by atoms with Crippen LogP contribution in [0.4, 0.5) is 4.39 Å². The molecule has 28 heavy (non-hydrogen) atoms. The number of piperazine rings is 1. The molecule has 0 bridgehead atoms. The molecule has 0 spiro atoms. The maximum Gasteiger partial charge on any atom is 0.123 e. The highest BCUT2D eigenvalue weighted by atomic mass is 19.1. The second-order valence-corrected chi connectivity index (χ2v) is 7.36. The Morgan fingerprint density at radius 3 is 1.93 bits per heavy atom. The number of halogens is 1. The first-order chi connectivity index (χ1) is 13.8. The number of benzene rings is 3. The van der Waals surface area contributed by atoms with Crippen molar-refractivity contribution in [3.05, 3.63) is 95.3 Å². The van der Waals surface area contributed by atoms with Crippen molar-refractivity contribution in [3.8, 4) is 11.1 Å². The van der Waals surface area contributed by atoms with Gasteiger partial charge in [-0.2, -0.15) is 5.10 Å². The zero-order valence-corrected chi connectivity index (χ0v) is 15.6. The fraction of sp³-hybridized carbons (Fsp3) is 0.208. The number of hydrogen-bond acceptors (Lipinski definition) is 3. The van der Waals surface area contributed by atoms with E-state index in [4.69, 9.17) is 0 Å². The lowest BCUT2D eigenvalue weighted by atomic mass is 10.0. The third kappa shape index (κ3) is 3.10. The lowest BCUT2D eigenvalue weighted by Gasteiger charge is -2.37. The molecule has 1 aliphatic carbocycles. The highest BCUT2D eigenvalue weighted by Crippen LogP contribution is 2.46. The van der Waals surface area contributed by atoms with Crippen molar-refractivity contribution in [2.24, 2.45) is 5.10 Å². The summed E-state index contributed by atoms with van der Waals surface area (Å²) < 4.78 is 13.0. The minimum atomic E-state index is -0.220. The molecule has 3 aromatic rings. The van der Waals surface area contributed by atoms with E-state index in [1.165, 1.54) is 34.4 Å². The van der Waals surface area contributed by atoms with Gasteiger partial charge in [-0.25, -0.2) is 4.39 Å². The molecule has 0 atom stereocenters. The molecule has 0 aromatic heterocycles. The van der Waals surface area contributed by atoms with Crippen molar-refractivity contribution in [2.75, 3.05) is 26.2 Å². The number of nitrogens with zero attached hydrogens (tertiary/aromatic N) is 3. The Bertz CT molecular complexity index is 959. The lowest BCUT2D eigenvalue weighted by Crippen LogP contribution is -2.45. The summed E-state index contributed by atoms with van der Waals surface area (Å²) in [6.45, 7) is 3.71. The van der Waals surface area contributed by atoms with Gasteiger partial charge in [0.05, 0.1) is 12.3 Å². The molecule has 0 N–H and O–H groups in total. The first-order valence-electron chi connectivity index (χ1n) is 9.76. The van der Waals surface area contributed by atoms with Gasteiger partial charge in [0.1, 0.15) is 5.82 Å². The standard InChI is InChI=1S/C24H22FN3/c25-19-11-9-18(10-12-19)17-26-28-15-13-27(14-16-28)24-22-7-3-1-5-20(22)21-6-2-4-8-23(21)24/h1-12,17,24H,13-16H2/b26-17-. The average Bonchev–Trinajstić information content (AvgIpc) is 3.08. The Morgan fingerprint density at radius 2 is 1.32 bits per heavy atom. The van der Waals surface area contributed by atoms with Crippen molar-refractivity contribution in [1.82, 2.24) is 9.91 Å². The first kappa shape index (κ1) is 17.1. The maximum atomic E-state index is 13.0. The van der Waals surface area contributed by atoms with Gasteiger partial charge in [-0.1, -0.05) is 60.7 Å². The molecular weight excluding hydrogens is 349 g/mol. The number of hydrazone groups is 1. The van der Waals surface area contributed by atoms with Crippen molar-refractivity contribution in [3.63, 3.8) is 0 Å². The normalized spacial score (nSPS) is 17.1. The second-order valence-electron chi connectivity index (χ2n) is 7.36. The van der Waals surface area contributed by atoms with Crippen LogP contribution in [0.15, 0.2) is 77.9 Å². The van der Waals surface area contributed by atoms with Gasteiger partial charge < -0.3 is 0 Å². The zero-order chi connectivity index (χ0) is 18.9. The summed E-state index contributed by atoms with van der Waals surface area (Å²) in [5.41, 5.74) is 6.46. The van der Waals surface area contributed by atoms with Crippen molar-refractivity contribution in [1.29, 1.82) is 0 Å². The Hall–Kier alpha value is -2.98. The summed E-state index contributed by atoms with van der Waals surface area (Å²) in [7, 11) is 0. The molecule has 0 radical (unpaired) electrons. The maximum absolute atomic E-state index is 13.0. The molecule has 1 heterocycles.